The summed E-state index contributed by atoms with van der Waals surface area (Å²) in [6.45, 7) is 0.411. The van der Waals surface area contributed by atoms with Gasteiger partial charge in [0.15, 0.2) is 0 Å². The summed E-state index contributed by atoms with van der Waals surface area (Å²) < 4.78 is 13.4. The van der Waals surface area contributed by atoms with Gasteiger partial charge in [-0.05, 0) is 25.0 Å². The predicted molar refractivity (Wildman–Crippen MR) is 66.7 cm³/mol. The number of rotatable bonds is 3. The van der Waals surface area contributed by atoms with Crippen molar-refractivity contribution in [3.63, 3.8) is 0 Å². The van der Waals surface area contributed by atoms with E-state index < -0.39 is 11.7 Å². The minimum absolute atomic E-state index is 0.0581. The van der Waals surface area contributed by atoms with Crippen molar-refractivity contribution in [3.05, 3.63) is 35.6 Å². The van der Waals surface area contributed by atoms with Gasteiger partial charge in [0.1, 0.15) is 5.82 Å². The van der Waals surface area contributed by atoms with Crippen LogP contribution in [0.15, 0.2) is 24.3 Å². The lowest BCUT2D eigenvalue weighted by atomic mass is 9.86. The number of aliphatic hydroxyl groups excluding tert-OH is 1. The van der Waals surface area contributed by atoms with E-state index in [9.17, 15) is 14.3 Å². The Morgan fingerprint density at radius 3 is 2.78 bits per heavy atom. The van der Waals surface area contributed by atoms with E-state index in [4.69, 9.17) is 0 Å². The molecular weight excluding hydrogens is 233 g/mol. The third kappa shape index (κ3) is 3.07. The van der Waals surface area contributed by atoms with Crippen LogP contribution in [0.5, 0.6) is 0 Å². The lowest BCUT2D eigenvalue weighted by molar-refractivity contribution is 0.0662. The highest BCUT2D eigenvalue weighted by Gasteiger charge is 2.23. The maximum absolute atomic E-state index is 13.4. The molecule has 1 aromatic rings. The molecule has 1 fully saturated rings. The summed E-state index contributed by atoms with van der Waals surface area (Å²) in [4.78, 5) is 11.8. The highest BCUT2D eigenvalue weighted by molar-refractivity contribution is 5.94. The Kier molecular flexibility index (Phi) is 4.31. The molecule has 2 N–H and O–H groups in total. The second-order valence-corrected chi connectivity index (χ2v) is 4.80. The smallest absolute Gasteiger partial charge is 0.254 e. The molecule has 0 aromatic heterocycles. The number of hydrogen-bond donors (Lipinski definition) is 2. The fraction of sp³-hybridized carbons (Fsp3) is 0.500. The van der Waals surface area contributed by atoms with Gasteiger partial charge in [-0.3, -0.25) is 4.79 Å². The molecule has 0 bridgehead atoms. The van der Waals surface area contributed by atoms with Gasteiger partial charge in [0.05, 0.1) is 11.7 Å². The molecule has 1 saturated carbocycles. The molecule has 1 aromatic carbocycles. The maximum Gasteiger partial charge on any atom is 0.254 e. The minimum atomic E-state index is -0.515. The third-order valence-corrected chi connectivity index (χ3v) is 3.51. The maximum atomic E-state index is 13.4. The van der Waals surface area contributed by atoms with E-state index in [1.165, 1.54) is 12.1 Å². The van der Waals surface area contributed by atoms with Crippen molar-refractivity contribution in [2.45, 2.75) is 31.8 Å². The number of aliphatic hydroxyl groups is 1. The monoisotopic (exact) mass is 251 g/mol. The summed E-state index contributed by atoms with van der Waals surface area (Å²) in [5.74, 6) is -0.834. The molecule has 3 nitrogen and oxygen atoms in total. The number of halogens is 1. The van der Waals surface area contributed by atoms with Crippen molar-refractivity contribution in [3.8, 4) is 0 Å². The molecule has 18 heavy (non-hydrogen) atoms. The van der Waals surface area contributed by atoms with E-state index >= 15 is 0 Å². The van der Waals surface area contributed by atoms with Crippen LogP contribution in [0.3, 0.4) is 0 Å². The van der Waals surface area contributed by atoms with Crippen molar-refractivity contribution < 1.29 is 14.3 Å². The van der Waals surface area contributed by atoms with Crippen molar-refractivity contribution in [2.24, 2.45) is 5.92 Å². The van der Waals surface area contributed by atoms with Crippen LogP contribution >= 0.6 is 0 Å². The summed E-state index contributed by atoms with van der Waals surface area (Å²) in [5.41, 5.74) is 0.0581. The predicted octanol–water partition coefficient (Wildman–Crippen LogP) is 2.11. The van der Waals surface area contributed by atoms with E-state index in [2.05, 4.69) is 5.32 Å². The van der Waals surface area contributed by atoms with Crippen molar-refractivity contribution >= 4 is 5.91 Å². The Hall–Kier alpha value is -1.42. The molecular formula is C14H18FNO2. The number of hydrogen-bond acceptors (Lipinski definition) is 2. The normalized spacial score (nSPS) is 23.7. The average molecular weight is 251 g/mol. The quantitative estimate of drug-likeness (QED) is 0.864. The Balaban J connectivity index is 1.90. The number of carbonyl (C=O) groups is 1. The zero-order valence-corrected chi connectivity index (χ0v) is 10.2. The first-order valence-electron chi connectivity index (χ1n) is 6.39. The Labute approximate surface area is 106 Å². The van der Waals surface area contributed by atoms with Crippen molar-refractivity contribution in [2.75, 3.05) is 6.54 Å². The number of carbonyl (C=O) groups excluding carboxylic acids is 1. The highest BCUT2D eigenvalue weighted by Crippen LogP contribution is 2.23. The van der Waals surface area contributed by atoms with Crippen LogP contribution in [0.1, 0.15) is 36.0 Å². The van der Waals surface area contributed by atoms with Crippen LogP contribution in [0.4, 0.5) is 4.39 Å². The number of benzene rings is 1. The van der Waals surface area contributed by atoms with Gasteiger partial charge in [0, 0.05) is 12.5 Å². The van der Waals surface area contributed by atoms with Crippen LogP contribution in [-0.4, -0.2) is 23.7 Å². The van der Waals surface area contributed by atoms with E-state index in [0.29, 0.717) is 6.54 Å². The Morgan fingerprint density at radius 2 is 2.06 bits per heavy atom. The van der Waals surface area contributed by atoms with Crippen molar-refractivity contribution in [1.29, 1.82) is 0 Å². The fourth-order valence-corrected chi connectivity index (χ4v) is 2.39. The SMILES string of the molecule is O=C(NCC1CCCCC1O)c1ccccc1F. The van der Waals surface area contributed by atoms with Gasteiger partial charge >= 0.3 is 0 Å². The molecule has 0 heterocycles. The van der Waals surface area contributed by atoms with Gasteiger partial charge in [-0.25, -0.2) is 4.39 Å². The average Bonchev–Trinajstić information content (AvgIpc) is 2.38. The van der Waals surface area contributed by atoms with Crippen LogP contribution < -0.4 is 5.32 Å². The molecule has 2 rings (SSSR count). The van der Waals surface area contributed by atoms with Gasteiger partial charge < -0.3 is 10.4 Å². The third-order valence-electron chi connectivity index (χ3n) is 3.51. The standard InChI is InChI=1S/C14H18FNO2/c15-12-7-3-2-6-11(12)14(18)16-9-10-5-1-4-8-13(10)17/h2-3,6-7,10,13,17H,1,4-5,8-9H2,(H,16,18). The van der Waals surface area contributed by atoms with Crippen LogP contribution in [0.2, 0.25) is 0 Å². The molecule has 4 heteroatoms. The summed E-state index contributed by atoms with van der Waals surface area (Å²) in [5, 5.41) is 12.5. The minimum Gasteiger partial charge on any atom is -0.393 e. The second kappa shape index (κ2) is 5.96. The van der Waals surface area contributed by atoms with Gasteiger partial charge in [-0.2, -0.15) is 0 Å². The zero-order valence-electron chi connectivity index (χ0n) is 10.2. The lowest BCUT2D eigenvalue weighted by Crippen LogP contribution is -2.36. The van der Waals surface area contributed by atoms with E-state index in [0.717, 1.165) is 25.7 Å². The number of nitrogens with one attached hydrogen (secondary N) is 1. The summed E-state index contributed by atoms with van der Waals surface area (Å²) in [7, 11) is 0. The van der Waals surface area contributed by atoms with E-state index in [1.54, 1.807) is 12.1 Å². The summed E-state index contributed by atoms with van der Waals surface area (Å²) >= 11 is 0. The van der Waals surface area contributed by atoms with Gasteiger partial charge in [-0.1, -0.05) is 25.0 Å². The number of amides is 1. The molecule has 1 amide bonds. The summed E-state index contributed by atoms with van der Waals surface area (Å²) in [6, 6.07) is 5.91. The topological polar surface area (TPSA) is 49.3 Å². The molecule has 1 aliphatic rings. The zero-order chi connectivity index (χ0) is 13.0. The Bertz CT molecular complexity index is 422. The van der Waals surface area contributed by atoms with Gasteiger partial charge in [0.2, 0.25) is 0 Å². The fourth-order valence-electron chi connectivity index (χ4n) is 2.39. The Morgan fingerprint density at radius 1 is 1.33 bits per heavy atom. The first kappa shape index (κ1) is 13.0. The van der Waals surface area contributed by atoms with E-state index in [1.807, 2.05) is 0 Å². The highest BCUT2D eigenvalue weighted by atomic mass is 19.1. The van der Waals surface area contributed by atoms with Crippen LogP contribution in [0.25, 0.3) is 0 Å². The largest absolute Gasteiger partial charge is 0.393 e. The van der Waals surface area contributed by atoms with Crippen molar-refractivity contribution in [1.82, 2.24) is 5.32 Å². The van der Waals surface area contributed by atoms with Gasteiger partial charge in [-0.15, -0.1) is 0 Å². The van der Waals surface area contributed by atoms with Crippen LogP contribution in [-0.2, 0) is 0 Å². The van der Waals surface area contributed by atoms with Crippen LogP contribution in [0, 0.1) is 11.7 Å². The molecule has 0 radical (unpaired) electrons. The second-order valence-electron chi connectivity index (χ2n) is 4.80. The first-order valence-corrected chi connectivity index (χ1v) is 6.39. The molecule has 1 aliphatic carbocycles. The molecule has 0 saturated heterocycles. The summed E-state index contributed by atoms with van der Waals surface area (Å²) in [6.07, 6.45) is 3.48. The molecule has 0 spiro atoms. The molecule has 2 atom stereocenters. The van der Waals surface area contributed by atoms with E-state index in [-0.39, 0.29) is 17.6 Å². The lowest BCUT2D eigenvalue weighted by Gasteiger charge is -2.27. The van der Waals surface area contributed by atoms with Gasteiger partial charge in [0.25, 0.3) is 5.91 Å². The molecule has 98 valence electrons. The molecule has 2 unspecified atom stereocenters. The first-order chi connectivity index (χ1) is 8.68. The molecule has 0 aliphatic heterocycles.